The molecule has 5 heteroatoms. The van der Waals surface area contributed by atoms with E-state index in [4.69, 9.17) is 9.47 Å². The quantitative estimate of drug-likeness (QED) is 0.404. The molecule has 2 aromatic carbocycles. The number of fused-ring (bicyclic) bond motifs is 1. The van der Waals surface area contributed by atoms with E-state index in [0.717, 1.165) is 54.7 Å². The van der Waals surface area contributed by atoms with Gasteiger partial charge in [0.1, 0.15) is 30.0 Å². The molecule has 1 fully saturated rings. The van der Waals surface area contributed by atoms with Gasteiger partial charge in [0.05, 0.1) is 6.20 Å². The van der Waals surface area contributed by atoms with Gasteiger partial charge in [-0.25, -0.2) is 4.39 Å². The van der Waals surface area contributed by atoms with E-state index in [-0.39, 0.29) is 11.9 Å². The second-order valence-electron chi connectivity index (χ2n) is 9.03. The van der Waals surface area contributed by atoms with Crippen molar-refractivity contribution in [1.29, 1.82) is 0 Å². The molecule has 33 heavy (non-hydrogen) atoms. The molecule has 0 radical (unpaired) electrons. The minimum Gasteiger partial charge on any atom is -0.492 e. The number of ether oxygens (including phenoxy) is 2. The van der Waals surface area contributed by atoms with E-state index in [9.17, 15) is 4.39 Å². The number of rotatable bonds is 7. The molecular formula is C28H31FN2O2. The fraction of sp³-hybridized carbons (Fsp3) is 0.393. The molecule has 1 saturated heterocycles. The molecule has 0 amide bonds. The van der Waals surface area contributed by atoms with E-state index in [1.807, 2.05) is 30.5 Å². The zero-order chi connectivity index (χ0) is 22.5. The topological polar surface area (TPSA) is 34.6 Å². The van der Waals surface area contributed by atoms with Gasteiger partial charge in [0.15, 0.2) is 0 Å². The van der Waals surface area contributed by atoms with E-state index in [1.54, 1.807) is 18.3 Å². The van der Waals surface area contributed by atoms with E-state index in [1.165, 1.54) is 31.5 Å². The molecule has 1 atom stereocenters. The van der Waals surface area contributed by atoms with Crippen LogP contribution in [0.15, 0.2) is 60.9 Å². The van der Waals surface area contributed by atoms with Crippen LogP contribution in [0.25, 0.3) is 11.1 Å². The normalized spacial score (nSPS) is 18.5. The van der Waals surface area contributed by atoms with E-state index in [2.05, 4.69) is 22.0 Å². The van der Waals surface area contributed by atoms with Gasteiger partial charge in [-0.1, -0.05) is 18.2 Å². The molecule has 1 aliphatic heterocycles. The van der Waals surface area contributed by atoms with Crippen molar-refractivity contribution < 1.29 is 13.9 Å². The summed E-state index contributed by atoms with van der Waals surface area (Å²) in [5.74, 6) is 1.38. The van der Waals surface area contributed by atoms with E-state index in [0.29, 0.717) is 12.4 Å². The van der Waals surface area contributed by atoms with Crippen molar-refractivity contribution in [3.8, 4) is 22.6 Å². The number of pyridine rings is 1. The first-order valence-electron chi connectivity index (χ1n) is 12.1. The van der Waals surface area contributed by atoms with Crippen molar-refractivity contribution >= 4 is 0 Å². The molecule has 2 heterocycles. The molecule has 1 unspecified atom stereocenters. The van der Waals surface area contributed by atoms with Crippen molar-refractivity contribution in [3.05, 3.63) is 77.9 Å². The highest BCUT2D eigenvalue weighted by Crippen LogP contribution is 2.34. The highest BCUT2D eigenvalue weighted by atomic mass is 19.1. The van der Waals surface area contributed by atoms with Gasteiger partial charge in [0, 0.05) is 18.3 Å². The highest BCUT2D eigenvalue weighted by Gasteiger charge is 2.21. The van der Waals surface area contributed by atoms with Gasteiger partial charge in [-0.05, 0) is 98.6 Å². The first-order chi connectivity index (χ1) is 16.2. The fourth-order valence-corrected chi connectivity index (χ4v) is 4.86. The van der Waals surface area contributed by atoms with Gasteiger partial charge in [0.25, 0.3) is 0 Å². The lowest BCUT2D eigenvalue weighted by molar-refractivity contribution is 0.193. The van der Waals surface area contributed by atoms with Crippen molar-refractivity contribution in [2.75, 3.05) is 26.2 Å². The van der Waals surface area contributed by atoms with Crippen molar-refractivity contribution in [3.63, 3.8) is 0 Å². The average molecular weight is 447 g/mol. The maximum Gasteiger partial charge on any atom is 0.139 e. The Morgan fingerprint density at radius 1 is 0.879 bits per heavy atom. The Morgan fingerprint density at radius 3 is 2.58 bits per heavy atom. The summed E-state index contributed by atoms with van der Waals surface area (Å²) in [6, 6.07) is 15.2. The largest absolute Gasteiger partial charge is 0.492 e. The van der Waals surface area contributed by atoms with Crippen LogP contribution in [-0.2, 0) is 6.42 Å². The summed E-state index contributed by atoms with van der Waals surface area (Å²) in [4.78, 5) is 6.85. The van der Waals surface area contributed by atoms with Gasteiger partial charge in [0.2, 0.25) is 0 Å². The van der Waals surface area contributed by atoms with Gasteiger partial charge < -0.3 is 9.47 Å². The first kappa shape index (κ1) is 21.9. The van der Waals surface area contributed by atoms with Gasteiger partial charge in [-0.2, -0.15) is 0 Å². The molecule has 1 aromatic heterocycles. The third-order valence-corrected chi connectivity index (χ3v) is 6.67. The molecule has 4 nitrogen and oxygen atoms in total. The van der Waals surface area contributed by atoms with Gasteiger partial charge in [-0.3, -0.25) is 9.88 Å². The second kappa shape index (κ2) is 10.3. The van der Waals surface area contributed by atoms with Crippen molar-refractivity contribution in [1.82, 2.24) is 9.88 Å². The zero-order valence-electron chi connectivity index (χ0n) is 19.0. The van der Waals surface area contributed by atoms with Crippen LogP contribution in [0.5, 0.6) is 11.5 Å². The van der Waals surface area contributed by atoms with Crippen LogP contribution in [0.3, 0.4) is 0 Å². The van der Waals surface area contributed by atoms with Gasteiger partial charge >= 0.3 is 0 Å². The Morgan fingerprint density at radius 2 is 1.73 bits per heavy atom. The number of benzene rings is 2. The van der Waals surface area contributed by atoms with Crippen LogP contribution in [0.2, 0.25) is 0 Å². The van der Waals surface area contributed by atoms with Crippen LogP contribution in [0.4, 0.5) is 4.39 Å². The lowest BCUT2D eigenvalue weighted by atomic mass is 10.0. The molecule has 2 aliphatic rings. The van der Waals surface area contributed by atoms with Crippen molar-refractivity contribution in [2.24, 2.45) is 0 Å². The fourth-order valence-electron chi connectivity index (χ4n) is 4.86. The lowest BCUT2D eigenvalue weighted by Gasteiger charge is -2.20. The molecular weight excluding hydrogens is 415 g/mol. The van der Waals surface area contributed by atoms with E-state index < -0.39 is 0 Å². The summed E-state index contributed by atoms with van der Waals surface area (Å²) in [6.45, 7) is 4.08. The Labute approximate surface area is 195 Å². The minimum atomic E-state index is -0.209. The number of aromatic nitrogens is 1. The third kappa shape index (κ3) is 5.53. The minimum absolute atomic E-state index is 0.151. The van der Waals surface area contributed by atoms with Crippen LogP contribution >= 0.6 is 0 Å². The molecule has 0 N–H and O–H groups in total. The summed E-state index contributed by atoms with van der Waals surface area (Å²) < 4.78 is 26.2. The Kier molecular flexibility index (Phi) is 6.87. The Balaban J connectivity index is 1.25. The van der Waals surface area contributed by atoms with Crippen LogP contribution < -0.4 is 9.47 Å². The number of nitrogens with zero attached hydrogens (tertiary/aromatic N) is 2. The monoisotopic (exact) mass is 446 g/mol. The summed E-state index contributed by atoms with van der Waals surface area (Å²) in [5.41, 5.74) is 4.20. The van der Waals surface area contributed by atoms with Crippen LogP contribution in [0.1, 0.15) is 49.3 Å². The SMILES string of the molecule is Fc1ccc2c(c1)C(Oc1cncc(-c3ccc(OCCN4CCCC4)cc3)c1)CCCC2. The summed E-state index contributed by atoms with van der Waals surface area (Å²) in [6.07, 6.45) is 10.0. The standard InChI is InChI=1S/C28H31FN2O2/c29-24-10-7-22-5-1-2-6-28(27(22)18-24)33-26-17-23(19-30-20-26)21-8-11-25(12-9-21)32-16-15-31-13-3-4-14-31/h7-12,17-20,28H,1-6,13-16H2. The molecule has 0 spiro atoms. The Bertz CT molecular complexity index is 1060. The number of halogens is 1. The Hall–Kier alpha value is -2.92. The number of hydrogen-bond acceptors (Lipinski definition) is 4. The predicted octanol–water partition coefficient (Wildman–Crippen LogP) is 6.21. The summed E-state index contributed by atoms with van der Waals surface area (Å²) in [5, 5.41) is 0. The average Bonchev–Trinajstić information content (AvgIpc) is 3.28. The van der Waals surface area contributed by atoms with Crippen molar-refractivity contribution in [2.45, 2.75) is 44.6 Å². The second-order valence-corrected chi connectivity index (χ2v) is 9.03. The summed E-state index contributed by atoms with van der Waals surface area (Å²) >= 11 is 0. The predicted molar refractivity (Wildman–Crippen MR) is 128 cm³/mol. The van der Waals surface area contributed by atoms with E-state index >= 15 is 0 Å². The molecule has 3 aromatic rings. The van der Waals surface area contributed by atoms with Gasteiger partial charge in [-0.15, -0.1) is 0 Å². The number of aryl methyl sites for hydroxylation is 1. The molecule has 5 rings (SSSR count). The number of hydrogen-bond donors (Lipinski definition) is 0. The highest BCUT2D eigenvalue weighted by molar-refractivity contribution is 5.64. The lowest BCUT2D eigenvalue weighted by Crippen LogP contribution is -2.25. The summed E-state index contributed by atoms with van der Waals surface area (Å²) in [7, 11) is 0. The molecule has 0 bridgehead atoms. The van der Waals surface area contributed by atoms with Crippen LogP contribution in [0, 0.1) is 5.82 Å². The third-order valence-electron chi connectivity index (χ3n) is 6.67. The molecule has 0 saturated carbocycles. The molecule has 1 aliphatic carbocycles. The zero-order valence-corrected chi connectivity index (χ0v) is 19.0. The maximum atomic E-state index is 13.9. The first-order valence-corrected chi connectivity index (χ1v) is 12.1. The maximum absolute atomic E-state index is 13.9. The number of likely N-dealkylation sites (tertiary alicyclic amines) is 1. The van der Waals surface area contributed by atoms with Crippen LogP contribution in [-0.4, -0.2) is 36.1 Å². The smallest absolute Gasteiger partial charge is 0.139 e. The molecule has 172 valence electrons.